The van der Waals surface area contributed by atoms with Crippen LogP contribution in [0.3, 0.4) is 0 Å². The molecular formula is C19H23N3O3. The van der Waals surface area contributed by atoms with Gasteiger partial charge in [0.25, 0.3) is 5.91 Å². The van der Waals surface area contributed by atoms with Gasteiger partial charge < -0.3 is 14.7 Å². The summed E-state index contributed by atoms with van der Waals surface area (Å²) in [6, 6.07) is 5.86. The van der Waals surface area contributed by atoms with E-state index in [1.54, 1.807) is 4.90 Å². The summed E-state index contributed by atoms with van der Waals surface area (Å²) in [4.78, 5) is 22.1. The zero-order valence-corrected chi connectivity index (χ0v) is 14.6. The average molecular weight is 341 g/mol. The second kappa shape index (κ2) is 7.19. The minimum Gasteiger partial charge on any atom is -0.491 e. The maximum atomic E-state index is 12.5. The van der Waals surface area contributed by atoms with Gasteiger partial charge in [-0.15, -0.1) is 0 Å². The van der Waals surface area contributed by atoms with E-state index >= 15 is 0 Å². The predicted molar refractivity (Wildman–Crippen MR) is 93.5 cm³/mol. The van der Waals surface area contributed by atoms with Crippen molar-refractivity contribution in [2.24, 2.45) is 0 Å². The first-order chi connectivity index (χ1) is 12.0. The third kappa shape index (κ3) is 4.14. The van der Waals surface area contributed by atoms with Gasteiger partial charge in [-0.1, -0.05) is 6.07 Å². The minimum atomic E-state index is -1.06. The number of hydrogen-bond acceptors (Lipinski definition) is 5. The molecule has 2 heterocycles. The van der Waals surface area contributed by atoms with Gasteiger partial charge in [-0.3, -0.25) is 9.78 Å². The van der Waals surface area contributed by atoms with E-state index in [0.29, 0.717) is 18.7 Å². The molecule has 25 heavy (non-hydrogen) atoms. The fraction of sp³-hybridized carbons (Fsp3) is 0.421. The molecule has 1 aromatic carbocycles. The summed E-state index contributed by atoms with van der Waals surface area (Å²) in [6.45, 7) is 5.05. The quantitative estimate of drug-likeness (QED) is 0.922. The molecule has 3 rings (SSSR count). The molecule has 1 aliphatic rings. The molecular weight excluding hydrogens is 318 g/mol. The van der Waals surface area contributed by atoms with Crippen LogP contribution in [0.5, 0.6) is 5.75 Å². The number of carbonyl (C=O) groups excluding carboxylic acids is 1. The second-order valence-electron chi connectivity index (χ2n) is 6.68. The SMILES string of the molecule is Cc1ccc(OCC2(O)CCCN(C(=O)c3cnccn3)C2)cc1C. The van der Waals surface area contributed by atoms with Crippen LogP contribution >= 0.6 is 0 Å². The highest BCUT2D eigenvalue weighted by molar-refractivity contribution is 5.92. The highest BCUT2D eigenvalue weighted by atomic mass is 16.5. The molecule has 1 saturated heterocycles. The number of likely N-dealkylation sites (tertiary alicyclic amines) is 1. The molecule has 132 valence electrons. The lowest BCUT2D eigenvalue weighted by molar-refractivity contribution is -0.0533. The zero-order valence-electron chi connectivity index (χ0n) is 14.6. The summed E-state index contributed by atoms with van der Waals surface area (Å²) in [5, 5.41) is 10.9. The van der Waals surface area contributed by atoms with Crippen LogP contribution < -0.4 is 4.74 Å². The number of amides is 1. The molecule has 0 spiro atoms. The van der Waals surface area contributed by atoms with E-state index in [0.717, 1.165) is 17.7 Å². The molecule has 1 atom stereocenters. The fourth-order valence-corrected chi connectivity index (χ4v) is 3.00. The standard InChI is InChI=1S/C19H23N3O3/c1-14-4-5-16(10-15(14)2)25-13-19(24)6-3-9-22(12-19)18(23)17-11-20-7-8-21-17/h4-5,7-8,10-11,24H,3,6,9,12-13H2,1-2H3. The first-order valence-corrected chi connectivity index (χ1v) is 8.45. The highest BCUT2D eigenvalue weighted by Gasteiger charge is 2.36. The summed E-state index contributed by atoms with van der Waals surface area (Å²) in [5.41, 5.74) is 1.58. The van der Waals surface area contributed by atoms with Gasteiger partial charge in [0.2, 0.25) is 0 Å². The number of aliphatic hydroxyl groups is 1. The van der Waals surface area contributed by atoms with Gasteiger partial charge in [-0.05, 0) is 49.9 Å². The van der Waals surface area contributed by atoms with E-state index in [1.807, 2.05) is 32.0 Å². The smallest absolute Gasteiger partial charge is 0.274 e. The molecule has 0 bridgehead atoms. The van der Waals surface area contributed by atoms with Crippen LogP contribution in [0, 0.1) is 13.8 Å². The Morgan fingerprint density at radius 3 is 2.88 bits per heavy atom. The van der Waals surface area contributed by atoms with E-state index in [2.05, 4.69) is 9.97 Å². The van der Waals surface area contributed by atoms with Crippen molar-refractivity contribution in [2.45, 2.75) is 32.3 Å². The average Bonchev–Trinajstić information content (AvgIpc) is 2.63. The molecule has 1 aromatic heterocycles. The van der Waals surface area contributed by atoms with Gasteiger partial charge in [0.1, 0.15) is 23.7 Å². The van der Waals surface area contributed by atoms with Crippen LogP contribution in [0.2, 0.25) is 0 Å². The first kappa shape index (κ1) is 17.4. The molecule has 6 nitrogen and oxygen atoms in total. The minimum absolute atomic E-state index is 0.153. The summed E-state index contributed by atoms with van der Waals surface area (Å²) in [6.07, 6.45) is 5.79. The Morgan fingerprint density at radius 2 is 2.16 bits per heavy atom. The predicted octanol–water partition coefficient (Wildman–Crippen LogP) is 2.14. The van der Waals surface area contributed by atoms with Crippen molar-refractivity contribution in [2.75, 3.05) is 19.7 Å². The van der Waals surface area contributed by atoms with Gasteiger partial charge in [0.05, 0.1) is 12.7 Å². The van der Waals surface area contributed by atoms with Crippen LogP contribution in [0.15, 0.2) is 36.8 Å². The van der Waals surface area contributed by atoms with Crippen LogP contribution in [0.4, 0.5) is 0 Å². The molecule has 2 aromatic rings. The third-order valence-electron chi connectivity index (χ3n) is 4.61. The van der Waals surface area contributed by atoms with Gasteiger partial charge in [-0.2, -0.15) is 0 Å². The van der Waals surface area contributed by atoms with Crippen LogP contribution in [0.1, 0.15) is 34.5 Å². The van der Waals surface area contributed by atoms with Crippen LogP contribution in [-0.2, 0) is 0 Å². The maximum absolute atomic E-state index is 12.5. The Labute approximate surface area is 147 Å². The molecule has 6 heteroatoms. The van der Waals surface area contributed by atoms with E-state index in [-0.39, 0.29) is 19.1 Å². The third-order valence-corrected chi connectivity index (χ3v) is 4.61. The summed E-state index contributed by atoms with van der Waals surface area (Å²) in [7, 11) is 0. The normalized spacial score (nSPS) is 20.4. The molecule has 0 saturated carbocycles. The summed E-state index contributed by atoms with van der Waals surface area (Å²) >= 11 is 0. The Bertz CT molecular complexity index is 751. The molecule has 1 unspecified atom stereocenters. The Hall–Kier alpha value is -2.47. The van der Waals surface area contributed by atoms with Crippen molar-refractivity contribution in [3.63, 3.8) is 0 Å². The molecule has 1 amide bonds. The second-order valence-corrected chi connectivity index (χ2v) is 6.68. The number of β-amino-alcohol motifs (C(OH)–C–C–N with tert-alkyl or cyclic N) is 1. The summed E-state index contributed by atoms with van der Waals surface area (Å²) in [5.74, 6) is 0.520. The Morgan fingerprint density at radius 1 is 1.32 bits per heavy atom. The number of hydrogen-bond donors (Lipinski definition) is 1. The molecule has 0 aliphatic carbocycles. The van der Waals surface area contributed by atoms with E-state index < -0.39 is 5.60 Å². The van der Waals surface area contributed by atoms with Crippen LogP contribution in [-0.4, -0.2) is 51.2 Å². The molecule has 1 N–H and O–H groups in total. The summed E-state index contributed by atoms with van der Waals surface area (Å²) < 4.78 is 5.80. The van der Waals surface area contributed by atoms with Crippen molar-refractivity contribution in [3.8, 4) is 5.75 Å². The number of aryl methyl sites for hydroxylation is 2. The number of ether oxygens (including phenoxy) is 1. The molecule has 1 fully saturated rings. The lowest BCUT2D eigenvalue weighted by Crippen LogP contribution is -2.53. The lowest BCUT2D eigenvalue weighted by Gasteiger charge is -2.38. The zero-order chi connectivity index (χ0) is 17.9. The van der Waals surface area contributed by atoms with Crippen molar-refractivity contribution in [3.05, 3.63) is 53.6 Å². The highest BCUT2D eigenvalue weighted by Crippen LogP contribution is 2.24. The van der Waals surface area contributed by atoms with E-state index in [4.69, 9.17) is 4.74 Å². The van der Waals surface area contributed by atoms with Gasteiger partial charge in [0, 0.05) is 18.9 Å². The number of rotatable bonds is 4. The number of carbonyl (C=O) groups is 1. The van der Waals surface area contributed by atoms with Crippen molar-refractivity contribution < 1.29 is 14.6 Å². The van der Waals surface area contributed by atoms with Crippen molar-refractivity contribution in [1.82, 2.24) is 14.9 Å². The number of nitrogens with zero attached hydrogens (tertiary/aromatic N) is 3. The number of aromatic nitrogens is 2. The fourth-order valence-electron chi connectivity index (χ4n) is 3.00. The van der Waals surface area contributed by atoms with Crippen LogP contribution in [0.25, 0.3) is 0 Å². The van der Waals surface area contributed by atoms with Crippen molar-refractivity contribution >= 4 is 5.91 Å². The maximum Gasteiger partial charge on any atom is 0.274 e. The van der Waals surface area contributed by atoms with Crippen molar-refractivity contribution in [1.29, 1.82) is 0 Å². The number of benzene rings is 1. The topological polar surface area (TPSA) is 75.6 Å². The molecule has 0 radical (unpaired) electrons. The van der Waals surface area contributed by atoms with E-state index in [1.165, 1.54) is 24.2 Å². The largest absolute Gasteiger partial charge is 0.491 e. The van der Waals surface area contributed by atoms with Gasteiger partial charge in [-0.25, -0.2) is 4.98 Å². The van der Waals surface area contributed by atoms with Gasteiger partial charge >= 0.3 is 0 Å². The lowest BCUT2D eigenvalue weighted by atomic mass is 9.93. The van der Waals surface area contributed by atoms with E-state index in [9.17, 15) is 9.90 Å². The molecule has 1 aliphatic heterocycles. The monoisotopic (exact) mass is 341 g/mol. The Kier molecular flexibility index (Phi) is 4.99. The van der Waals surface area contributed by atoms with Gasteiger partial charge in [0.15, 0.2) is 0 Å². The first-order valence-electron chi connectivity index (χ1n) is 8.45. The number of piperidine rings is 1. The Balaban J connectivity index is 1.64.